The van der Waals surface area contributed by atoms with E-state index in [4.69, 9.17) is 9.84 Å². The largest absolute Gasteiger partial charge is 0.496 e. The molecule has 0 aliphatic carbocycles. The van der Waals surface area contributed by atoms with Crippen molar-refractivity contribution in [2.24, 2.45) is 0 Å². The van der Waals surface area contributed by atoms with Gasteiger partial charge in [-0.3, -0.25) is 0 Å². The van der Waals surface area contributed by atoms with Crippen LogP contribution in [0.15, 0.2) is 36.2 Å². The molecule has 0 saturated heterocycles. The maximum Gasteiger partial charge on any atom is 0.122 e. The Hall–Kier alpha value is -1.35. The van der Waals surface area contributed by atoms with Crippen molar-refractivity contribution in [3.8, 4) is 5.75 Å². The highest BCUT2D eigenvalue weighted by atomic mass is 19.1. The van der Waals surface area contributed by atoms with Gasteiger partial charge in [-0.05, 0) is 17.2 Å². The first-order chi connectivity index (χ1) is 6.81. The van der Waals surface area contributed by atoms with Crippen LogP contribution in [-0.4, -0.2) is 18.8 Å². The molecule has 76 valence electrons. The van der Waals surface area contributed by atoms with Crippen molar-refractivity contribution in [3.05, 3.63) is 41.7 Å². The van der Waals surface area contributed by atoms with Gasteiger partial charge in [0.15, 0.2) is 0 Å². The third kappa shape index (κ3) is 2.57. The Balaban J connectivity index is 2.85. The molecule has 3 heteroatoms. The molecule has 0 aliphatic heterocycles. The highest BCUT2D eigenvalue weighted by Gasteiger charge is 2.04. The third-order valence-electron chi connectivity index (χ3n) is 1.97. The molecule has 1 aromatic carbocycles. The molecule has 0 atom stereocenters. The number of benzene rings is 1. The number of rotatable bonds is 4. The van der Waals surface area contributed by atoms with Crippen molar-refractivity contribution in [2.45, 2.75) is 6.42 Å². The molecule has 1 N–H and O–H groups in total. The molecule has 0 unspecified atom stereocenters. The zero-order chi connectivity index (χ0) is 10.4. The zero-order valence-corrected chi connectivity index (χ0v) is 8.03. The number of methoxy groups -OCH3 is 1. The number of ether oxygens (including phenoxy) is 1. The Bertz CT molecular complexity index is 321. The predicted molar refractivity (Wildman–Crippen MR) is 53.0 cm³/mol. The Morgan fingerprint density at radius 2 is 2.21 bits per heavy atom. The standard InChI is InChI=1S/C11H13FO2/c1-14-11-5-3-2-4-10(11)6-9(7-12)8-13/h2-5,7,13H,6,8H2,1H3/b9-7+. The van der Waals surface area contributed by atoms with E-state index < -0.39 is 0 Å². The zero-order valence-electron chi connectivity index (χ0n) is 8.03. The summed E-state index contributed by atoms with van der Waals surface area (Å²) in [5.74, 6) is 0.709. The van der Waals surface area contributed by atoms with E-state index >= 15 is 0 Å². The molecule has 0 aromatic heterocycles. The minimum Gasteiger partial charge on any atom is -0.496 e. The molecule has 0 saturated carbocycles. The number of halogens is 1. The van der Waals surface area contributed by atoms with Crippen LogP contribution in [0.5, 0.6) is 5.75 Å². The molecule has 0 spiro atoms. The summed E-state index contributed by atoms with van der Waals surface area (Å²) in [7, 11) is 1.57. The van der Waals surface area contributed by atoms with Crippen LogP contribution in [0.25, 0.3) is 0 Å². The number of hydrogen-bond acceptors (Lipinski definition) is 2. The van der Waals surface area contributed by atoms with E-state index in [0.717, 1.165) is 5.56 Å². The van der Waals surface area contributed by atoms with Crippen molar-refractivity contribution in [2.75, 3.05) is 13.7 Å². The van der Waals surface area contributed by atoms with E-state index in [-0.39, 0.29) is 6.61 Å². The van der Waals surface area contributed by atoms with Crippen LogP contribution >= 0.6 is 0 Å². The molecule has 0 aliphatic rings. The van der Waals surface area contributed by atoms with Gasteiger partial charge in [-0.15, -0.1) is 0 Å². The molecule has 0 fully saturated rings. The number of para-hydroxylation sites is 1. The van der Waals surface area contributed by atoms with Crippen LogP contribution in [0, 0.1) is 0 Å². The molecule has 0 bridgehead atoms. The summed E-state index contributed by atoms with van der Waals surface area (Å²) in [6.07, 6.45) is 0.809. The fourth-order valence-corrected chi connectivity index (χ4v) is 1.22. The Kier molecular flexibility index (Phi) is 4.13. The average Bonchev–Trinajstić information content (AvgIpc) is 2.26. The normalized spacial score (nSPS) is 11.5. The molecule has 1 aromatic rings. The van der Waals surface area contributed by atoms with Gasteiger partial charge >= 0.3 is 0 Å². The van der Waals surface area contributed by atoms with Crippen LogP contribution in [0.4, 0.5) is 4.39 Å². The Morgan fingerprint density at radius 3 is 2.79 bits per heavy atom. The summed E-state index contributed by atoms with van der Waals surface area (Å²) in [5, 5.41) is 8.80. The summed E-state index contributed by atoms with van der Waals surface area (Å²) in [4.78, 5) is 0. The van der Waals surface area contributed by atoms with Crippen LogP contribution in [0.2, 0.25) is 0 Å². The van der Waals surface area contributed by atoms with E-state index in [9.17, 15) is 4.39 Å². The fourth-order valence-electron chi connectivity index (χ4n) is 1.22. The first-order valence-corrected chi connectivity index (χ1v) is 4.32. The summed E-state index contributed by atoms with van der Waals surface area (Å²) in [6.45, 7) is -0.269. The van der Waals surface area contributed by atoms with Gasteiger partial charge in [0.25, 0.3) is 0 Å². The first kappa shape index (κ1) is 10.7. The molecule has 0 radical (unpaired) electrons. The molecule has 1 rings (SSSR count). The van der Waals surface area contributed by atoms with E-state index in [1.165, 1.54) is 0 Å². The van der Waals surface area contributed by atoms with Gasteiger partial charge in [-0.2, -0.15) is 0 Å². The summed E-state index contributed by atoms with van der Waals surface area (Å²) >= 11 is 0. The second-order valence-corrected chi connectivity index (χ2v) is 2.91. The lowest BCUT2D eigenvalue weighted by Gasteiger charge is -2.08. The molecule has 2 nitrogen and oxygen atoms in total. The molecule has 14 heavy (non-hydrogen) atoms. The topological polar surface area (TPSA) is 29.5 Å². The van der Waals surface area contributed by atoms with Crippen LogP contribution in [0.1, 0.15) is 5.56 Å². The summed E-state index contributed by atoms with van der Waals surface area (Å²) in [6, 6.07) is 7.35. The first-order valence-electron chi connectivity index (χ1n) is 4.32. The lowest BCUT2D eigenvalue weighted by Crippen LogP contribution is -1.97. The smallest absolute Gasteiger partial charge is 0.122 e. The van der Waals surface area contributed by atoms with Crippen molar-refractivity contribution in [3.63, 3.8) is 0 Å². The van der Waals surface area contributed by atoms with Gasteiger partial charge in [0.2, 0.25) is 0 Å². The molecular weight excluding hydrogens is 183 g/mol. The van der Waals surface area contributed by atoms with Crippen molar-refractivity contribution >= 4 is 0 Å². The van der Waals surface area contributed by atoms with Crippen molar-refractivity contribution in [1.82, 2.24) is 0 Å². The maximum absolute atomic E-state index is 12.2. The predicted octanol–water partition coefficient (Wildman–Crippen LogP) is 2.08. The summed E-state index contributed by atoms with van der Waals surface area (Å²) in [5.41, 5.74) is 1.21. The molecular formula is C11H13FO2. The molecule has 0 heterocycles. The van der Waals surface area contributed by atoms with E-state index in [1.54, 1.807) is 7.11 Å². The van der Waals surface area contributed by atoms with Gasteiger partial charge in [-0.1, -0.05) is 18.2 Å². The molecule has 0 amide bonds. The minimum absolute atomic E-state index is 0.269. The average molecular weight is 196 g/mol. The lowest BCUT2D eigenvalue weighted by atomic mass is 10.1. The van der Waals surface area contributed by atoms with E-state index in [0.29, 0.717) is 24.1 Å². The highest BCUT2D eigenvalue weighted by molar-refractivity contribution is 5.36. The lowest BCUT2D eigenvalue weighted by molar-refractivity contribution is 0.325. The van der Waals surface area contributed by atoms with Gasteiger partial charge in [-0.25, -0.2) is 4.39 Å². The Labute approximate surface area is 82.6 Å². The van der Waals surface area contributed by atoms with Gasteiger partial charge < -0.3 is 9.84 Å². The second kappa shape index (κ2) is 5.40. The van der Waals surface area contributed by atoms with Crippen molar-refractivity contribution < 1.29 is 14.2 Å². The fraction of sp³-hybridized carbons (Fsp3) is 0.273. The minimum atomic E-state index is -0.269. The third-order valence-corrected chi connectivity index (χ3v) is 1.97. The second-order valence-electron chi connectivity index (χ2n) is 2.91. The summed E-state index contributed by atoms with van der Waals surface area (Å²) < 4.78 is 17.3. The van der Waals surface area contributed by atoms with E-state index in [1.807, 2.05) is 24.3 Å². The van der Waals surface area contributed by atoms with Gasteiger partial charge in [0.1, 0.15) is 5.75 Å². The maximum atomic E-state index is 12.2. The number of hydrogen-bond donors (Lipinski definition) is 1. The quantitative estimate of drug-likeness (QED) is 0.798. The number of aliphatic hydroxyl groups excluding tert-OH is 1. The van der Waals surface area contributed by atoms with Gasteiger partial charge in [0, 0.05) is 6.42 Å². The highest BCUT2D eigenvalue weighted by Crippen LogP contribution is 2.20. The van der Waals surface area contributed by atoms with E-state index in [2.05, 4.69) is 0 Å². The van der Waals surface area contributed by atoms with Crippen molar-refractivity contribution in [1.29, 1.82) is 0 Å². The van der Waals surface area contributed by atoms with Gasteiger partial charge in [0.05, 0.1) is 20.0 Å². The monoisotopic (exact) mass is 196 g/mol. The van der Waals surface area contributed by atoms with Crippen LogP contribution in [0.3, 0.4) is 0 Å². The van der Waals surface area contributed by atoms with Crippen LogP contribution in [-0.2, 0) is 6.42 Å². The Morgan fingerprint density at radius 1 is 1.50 bits per heavy atom. The van der Waals surface area contributed by atoms with Crippen LogP contribution < -0.4 is 4.74 Å². The number of aliphatic hydroxyl groups is 1. The SMILES string of the molecule is COc1ccccc1C/C(=C\F)CO.